The summed E-state index contributed by atoms with van der Waals surface area (Å²) in [7, 11) is 1.49. The van der Waals surface area contributed by atoms with E-state index in [2.05, 4.69) is 10.3 Å². The van der Waals surface area contributed by atoms with Gasteiger partial charge in [0.1, 0.15) is 5.75 Å². The number of hydrogen-bond donors (Lipinski definition) is 1. The number of methoxy groups -OCH3 is 1. The smallest absolute Gasteiger partial charge is 0.422 e. The molecule has 0 fully saturated rings. The zero-order valence-electron chi connectivity index (χ0n) is 18.1. The van der Waals surface area contributed by atoms with E-state index in [1.54, 1.807) is 31.2 Å². The van der Waals surface area contributed by atoms with Crippen molar-refractivity contribution in [2.24, 2.45) is 4.99 Å². The van der Waals surface area contributed by atoms with Crippen LogP contribution in [0.25, 0.3) is 0 Å². The van der Waals surface area contributed by atoms with Gasteiger partial charge in [-0.2, -0.15) is 18.2 Å². The minimum atomic E-state index is -4.64. The Kier molecular flexibility index (Phi) is 5.87. The molecule has 0 aromatic heterocycles. The molecule has 1 aliphatic rings. The molecule has 30 heavy (non-hydrogen) atoms. The first-order valence-electron chi connectivity index (χ1n) is 10.2. The summed E-state index contributed by atoms with van der Waals surface area (Å²) >= 11 is 0. The fourth-order valence-corrected chi connectivity index (χ4v) is 4.21. The van der Waals surface area contributed by atoms with Crippen LogP contribution in [0.1, 0.15) is 37.5 Å². The van der Waals surface area contributed by atoms with E-state index in [0.717, 1.165) is 5.56 Å². The molecule has 0 amide bonds. The first-order valence-corrected chi connectivity index (χ1v) is 10.2. The molecule has 1 N–H and O–H groups in total. The highest BCUT2D eigenvalue weighted by molar-refractivity contribution is 5.93. The van der Waals surface area contributed by atoms with Crippen LogP contribution in [0.15, 0.2) is 47.5 Å². The van der Waals surface area contributed by atoms with E-state index in [1.807, 2.05) is 26.8 Å². The van der Waals surface area contributed by atoms with Gasteiger partial charge in [0.15, 0.2) is 0 Å². The van der Waals surface area contributed by atoms with Crippen LogP contribution in [0.3, 0.4) is 0 Å². The molecular weight excluding hydrogens is 391 g/mol. The fraction of sp³-hybridized carbons (Fsp3) is 0.435. The maximum Gasteiger partial charge on any atom is 0.422 e. The Morgan fingerprint density at radius 3 is 2.10 bits per heavy atom. The van der Waals surface area contributed by atoms with Crippen molar-refractivity contribution in [2.75, 3.05) is 32.1 Å². The molecule has 7 heteroatoms. The van der Waals surface area contributed by atoms with Gasteiger partial charge in [0.05, 0.1) is 32.4 Å². The van der Waals surface area contributed by atoms with Gasteiger partial charge in [-0.1, -0.05) is 29.8 Å². The average molecular weight is 420 g/mol. The first-order chi connectivity index (χ1) is 14.2. The quantitative estimate of drug-likeness (QED) is 0.651. The number of guanidine groups is 1. The van der Waals surface area contributed by atoms with Gasteiger partial charge in [-0.15, -0.1) is 0 Å². The molecule has 162 valence electrons. The van der Waals surface area contributed by atoms with Crippen molar-refractivity contribution in [3.05, 3.63) is 59.2 Å². The number of rotatable bonds is 5. The summed E-state index contributed by atoms with van der Waals surface area (Å²) in [6.07, 6.45) is -4.64. The predicted octanol–water partition coefficient (Wildman–Crippen LogP) is 5.47. The van der Waals surface area contributed by atoms with Crippen LogP contribution in [0.2, 0.25) is 0 Å². The molecule has 0 saturated heterocycles. The van der Waals surface area contributed by atoms with E-state index < -0.39 is 11.7 Å². The van der Waals surface area contributed by atoms with Crippen LogP contribution >= 0.6 is 0 Å². The Morgan fingerprint density at radius 1 is 1.00 bits per heavy atom. The maximum atomic E-state index is 15.0. The number of halogens is 3. The first kappa shape index (κ1) is 22.2. The van der Waals surface area contributed by atoms with E-state index >= 15 is 0 Å². The van der Waals surface area contributed by atoms with Gasteiger partial charge in [0, 0.05) is 5.56 Å². The average Bonchev–Trinajstić information content (AvgIpc) is 2.74. The number of hydrogen-bond acceptors (Lipinski definition) is 3. The van der Waals surface area contributed by atoms with E-state index in [-0.39, 0.29) is 11.1 Å². The minimum absolute atomic E-state index is 0.0723. The van der Waals surface area contributed by atoms with Gasteiger partial charge in [0.2, 0.25) is 5.54 Å². The lowest BCUT2D eigenvalue weighted by Crippen LogP contribution is -2.59. The lowest BCUT2D eigenvalue weighted by Gasteiger charge is -2.43. The highest BCUT2D eigenvalue weighted by atomic mass is 19.4. The molecule has 0 radical (unpaired) electrons. The van der Waals surface area contributed by atoms with Gasteiger partial charge < -0.3 is 4.74 Å². The SMILES string of the molecule is CC[N+](CC)(CC)C1=N[C@](c2ccc(OC)cc2)(C(F)(F)F)c2cc(C)ccc2N1. The molecule has 1 heterocycles. The van der Waals surface area contributed by atoms with E-state index in [9.17, 15) is 13.2 Å². The zero-order chi connectivity index (χ0) is 22.2. The Labute approximate surface area is 176 Å². The van der Waals surface area contributed by atoms with E-state index in [4.69, 9.17) is 4.74 Å². The zero-order valence-corrected chi connectivity index (χ0v) is 18.1. The van der Waals surface area contributed by atoms with Crippen LogP contribution in [0.5, 0.6) is 5.75 Å². The van der Waals surface area contributed by atoms with Crippen molar-refractivity contribution >= 4 is 11.6 Å². The van der Waals surface area contributed by atoms with Gasteiger partial charge in [-0.3, -0.25) is 9.80 Å². The summed E-state index contributed by atoms with van der Waals surface area (Å²) < 4.78 is 50.4. The highest BCUT2D eigenvalue weighted by Gasteiger charge is 2.61. The Hall–Kier alpha value is -2.54. The number of benzene rings is 2. The summed E-state index contributed by atoms with van der Waals surface area (Å²) in [5.74, 6) is 0.839. The Morgan fingerprint density at radius 2 is 1.60 bits per heavy atom. The molecule has 0 saturated carbocycles. The second-order valence-corrected chi connectivity index (χ2v) is 7.64. The topological polar surface area (TPSA) is 33.6 Å². The van der Waals surface area contributed by atoms with Crippen LogP contribution in [-0.4, -0.2) is 43.4 Å². The third-order valence-electron chi connectivity index (χ3n) is 6.27. The molecular formula is C23H29F3N3O+. The summed E-state index contributed by atoms with van der Waals surface area (Å²) in [4.78, 5) is 4.49. The molecule has 3 rings (SSSR count). The van der Waals surface area contributed by atoms with Gasteiger partial charge >= 0.3 is 12.1 Å². The largest absolute Gasteiger partial charge is 0.497 e. The van der Waals surface area contributed by atoms with Crippen LogP contribution in [0.4, 0.5) is 18.9 Å². The molecule has 0 aliphatic carbocycles. The van der Waals surface area contributed by atoms with Crippen molar-refractivity contribution < 1.29 is 22.4 Å². The van der Waals surface area contributed by atoms with Gasteiger partial charge in [-0.05, 0) is 51.5 Å². The molecule has 0 unspecified atom stereocenters. The molecule has 1 aliphatic heterocycles. The van der Waals surface area contributed by atoms with Crippen molar-refractivity contribution in [2.45, 2.75) is 39.4 Å². The molecule has 2 aromatic rings. The summed E-state index contributed by atoms with van der Waals surface area (Å²) in [6.45, 7) is 9.63. The van der Waals surface area contributed by atoms with Crippen molar-refractivity contribution in [1.82, 2.24) is 0 Å². The number of quaternary nitrogens is 1. The molecule has 4 nitrogen and oxygen atoms in total. The minimum Gasteiger partial charge on any atom is -0.497 e. The Balaban J connectivity index is 2.40. The third-order valence-corrected chi connectivity index (χ3v) is 6.27. The second kappa shape index (κ2) is 7.95. The normalized spacial score (nSPS) is 19.0. The van der Waals surface area contributed by atoms with E-state index in [0.29, 0.717) is 41.5 Å². The lowest BCUT2D eigenvalue weighted by molar-refractivity contribution is -0.836. The summed E-state index contributed by atoms with van der Waals surface area (Å²) in [6, 6.07) is 11.2. The van der Waals surface area contributed by atoms with E-state index in [1.165, 1.54) is 19.2 Å². The predicted molar refractivity (Wildman–Crippen MR) is 114 cm³/mol. The lowest BCUT2D eigenvalue weighted by atomic mass is 9.80. The van der Waals surface area contributed by atoms with Crippen LogP contribution in [-0.2, 0) is 5.54 Å². The van der Waals surface area contributed by atoms with Gasteiger partial charge in [0.25, 0.3) is 0 Å². The molecule has 0 bridgehead atoms. The number of aryl methyl sites for hydroxylation is 1. The standard InChI is InChI=1S/C23H29F3N3O/c1-6-29(7-2,8-3)21-27-20-14-9-16(4)15-19(20)22(28-21,23(24,25)26)17-10-12-18(30-5)13-11-17/h9-15H,6-8H2,1-5H3,(H,27,28)/q+1/t22-/m0/s1. The number of aliphatic imine (C=N–C) groups is 1. The second-order valence-electron chi connectivity index (χ2n) is 7.64. The van der Waals surface area contributed by atoms with Crippen LogP contribution < -0.4 is 10.1 Å². The van der Waals surface area contributed by atoms with Crippen molar-refractivity contribution in [3.8, 4) is 5.75 Å². The summed E-state index contributed by atoms with van der Waals surface area (Å²) in [5, 5.41) is 3.23. The molecule has 0 spiro atoms. The van der Waals surface area contributed by atoms with Crippen molar-refractivity contribution in [1.29, 1.82) is 0 Å². The van der Waals surface area contributed by atoms with Gasteiger partial charge in [-0.25, -0.2) is 0 Å². The number of alkyl halides is 3. The van der Waals surface area contributed by atoms with Crippen molar-refractivity contribution in [3.63, 3.8) is 0 Å². The number of anilines is 1. The third kappa shape index (κ3) is 3.35. The highest BCUT2D eigenvalue weighted by Crippen LogP contribution is 2.52. The summed E-state index contributed by atoms with van der Waals surface area (Å²) in [5.41, 5.74) is -1.12. The molecule has 1 atom stereocenters. The maximum absolute atomic E-state index is 15.0. The number of nitrogens with zero attached hydrogens (tertiary/aromatic N) is 2. The number of fused-ring (bicyclic) bond motifs is 1. The number of nitrogens with one attached hydrogen (secondary N) is 1. The Bertz CT molecular complexity index is 925. The number of ether oxygens (including phenoxy) is 1. The monoisotopic (exact) mass is 420 g/mol. The fourth-order valence-electron chi connectivity index (χ4n) is 4.21. The molecule has 2 aromatic carbocycles. The van der Waals surface area contributed by atoms with Crippen LogP contribution in [0, 0.1) is 6.92 Å².